The minimum absolute atomic E-state index is 0.201. The molecule has 0 bridgehead atoms. The van der Waals surface area contributed by atoms with Crippen molar-refractivity contribution in [3.05, 3.63) is 71.3 Å². The van der Waals surface area contributed by atoms with Gasteiger partial charge in [-0.05, 0) is 37.5 Å². The van der Waals surface area contributed by atoms with E-state index in [0.717, 1.165) is 19.1 Å². The van der Waals surface area contributed by atoms with E-state index in [1.807, 2.05) is 13.0 Å². The van der Waals surface area contributed by atoms with Gasteiger partial charge in [0.15, 0.2) is 5.96 Å². The molecule has 0 aliphatic rings. The van der Waals surface area contributed by atoms with Gasteiger partial charge in [-0.2, -0.15) is 0 Å². The molecule has 0 aliphatic heterocycles. The summed E-state index contributed by atoms with van der Waals surface area (Å²) in [6.45, 7) is 9.11. The molecule has 0 spiro atoms. The number of rotatable bonds is 8. The van der Waals surface area contributed by atoms with Gasteiger partial charge in [-0.15, -0.1) is 0 Å². The Kier molecular flexibility index (Phi) is 7.99. The molecule has 0 saturated carbocycles. The predicted molar refractivity (Wildman–Crippen MR) is 105 cm³/mol. The molecule has 0 heterocycles. The number of hydrogen-bond acceptors (Lipinski definition) is 2. The van der Waals surface area contributed by atoms with Crippen molar-refractivity contribution in [1.82, 2.24) is 10.6 Å². The summed E-state index contributed by atoms with van der Waals surface area (Å²) >= 11 is 0. The molecule has 134 valence electrons. The first-order valence-electron chi connectivity index (χ1n) is 8.98. The lowest BCUT2D eigenvalue weighted by Crippen LogP contribution is -2.38. The summed E-state index contributed by atoms with van der Waals surface area (Å²) in [4.78, 5) is 4.70. The highest BCUT2D eigenvalue weighted by Gasteiger charge is 2.07. The van der Waals surface area contributed by atoms with Crippen LogP contribution >= 0.6 is 0 Å². The molecule has 1 atom stereocenters. The van der Waals surface area contributed by atoms with E-state index in [4.69, 9.17) is 9.73 Å². The molecule has 2 aromatic carbocycles. The number of nitrogens with zero attached hydrogens (tertiary/aromatic N) is 1. The predicted octanol–water partition coefficient (Wildman–Crippen LogP) is 4.04. The standard InChI is InChI=1S/C21H29N3O/c1-4-22-21(24-17(3)20-9-7-6-8-10-20)23-15-18-11-13-19(14-12-18)16-25-5-2/h6-14,17H,4-5,15-16H2,1-3H3,(H2,22,23,24). The zero-order valence-electron chi connectivity index (χ0n) is 15.5. The second kappa shape index (κ2) is 10.5. The maximum atomic E-state index is 5.43. The molecule has 0 aromatic heterocycles. The molecule has 0 amide bonds. The van der Waals surface area contributed by atoms with Crippen LogP contribution in [0.2, 0.25) is 0 Å². The molecule has 4 nitrogen and oxygen atoms in total. The largest absolute Gasteiger partial charge is 0.377 e. The van der Waals surface area contributed by atoms with Crippen LogP contribution in [-0.4, -0.2) is 19.1 Å². The van der Waals surface area contributed by atoms with Gasteiger partial charge in [0.2, 0.25) is 0 Å². The highest BCUT2D eigenvalue weighted by molar-refractivity contribution is 5.80. The Balaban J connectivity index is 1.96. The average Bonchev–Trinajstić information content (AvgIpc) is 2.66. The van der Waals surface area contributed by atoms with E-state index in [-0.39, 0.29) is 6.04 Å². The van der Waals surface area contributed by atoms with E-state index in [2.05, 4.69) is 73.0 Å². The van der Waals surface area contributed by atoms with E-state index in [0.29, 0.717) is 13.2 Å². The highest BCUT2D eigenvalue weighted by Crippen LogP contribution is 2.11. The number of nitrogens with one attached hydrogen (secondary N) is 2. The first-order valence-corrected chi connectivity index (χ1v) is 8.98. The Morgan fingerprint density at radius 2 is 1.68 bits per heavy atom. The summed E-state index contributed by atoms with van der Waals surface area (Å²) < 4.78 is 5.43. The quantitative estimate of drug-likeness (QED) is 0.563. The maximum absolute atomic E-state index is 5.43. The lowest BCUT2D eigenvalue weighted by Gasteiger charge is -2.18. The number of guanidine groups is 1. The van der Waals surface area contributed by atoms with Crippen LogP contribution in [0.1, 0.15) is 43.5 Å². The minimum Gasteiger partial charge on any atom is -0.377 e. The SMILES string of the molecule is CCNC(=NCc1ccc(COCC)cc1)NC(C)c1ccccc1. The fourth-order valence-corrected chi connectivity index (χ4v) is 2.48. The Labute approximate surface area is 151 Å². The Hall–Kier alpha value is -2.33. The van der Waals surface area contributed by atoms with Gasteiger partial charge in [-0.25, -0.2) is 4.99 Å². The van der Waals surface area contributed by atoms with Crippen LogP contribution in [0.3, 0.4) is 0 Å². The van der Waals surface area contributed by atoms with Crippen LogP contribution in [0.5, 0.6) is 0 Å². The lowest BCUT2D eigenvalue weighted by atomic mass is 10.1. The zero-order chi connectivity index (χ0) is 17.9. The molecule has 0 saturated heterocycles. The average molecular weight is 339 g/mol. The smallest absolute Gasteiger partial charge is 0.192 e. The van der Waals surface area contributed by atoms with E-state index < -0.39 is 0 Å². The second-order valence-corrected chi connectivity index (χ2v) is 5.93. The minimum atomic E-state index is 0.201. The molecule has 0 aliphatic carbocycles. The van der Waals surface area contributed by atoms with Crippen LogP contribution in [0, 0.1) is 0 Å². The summed E-state index contributed by atoms with van der Waals surface area (Å²) in [5.74, 6) is 0.831. The van der Waals surface area contributed by atoms with Gasteiger partial charge >= 0.3 is 0 Å². The number of benzene rings is 2. The van der Waals surface area contributed by atoms with Gasteiger partial charge in [-0.3, -0.25) is 0 Å². The van der Waals surface area contributed by atoms with Crippen molar-refractivity contribution in [3.8, 4) is 0 Å². The number of aliphatic imine (C=N–C) groups is 1. The zero-order valence-corrected chi connectivity index (χ0v) is 15.5. The van der Waals surface area contributed by atoms with Crippen LogP contribution in [0.25, 0.3) is 0 Å². The molecule has 4 heteroatoms. The van der Waals surface area contributed by atoms with Crippen LogP contribution in [-0.2, 0) is 17.9 Å². The first-order chi connectivity index (χ1) is 12.2. The Morgan fingerprint density at radius 1 is 1.00 bits per heavy atom. The Morgan fingerprint density at radius 3 is 2.32 bits per heavy atom. The van der Waals surface area contributed by atoms with Crippen molar-refractivity contribution in [2.45, 2.75) is 40.0 Å². The van der Waals surface area contributed by atoms with Gasteiger partial charge in [0.05, 0.1) is 19.2 Å². The van der Waals surface area contributed by atoms with E-state index in [9.17, 15) is 0 Å². The molecule has 0 fully saturated rings. The second-order valence-electron chi connectivity index (χ2n) is 5.93. The molecule has 2 N–H and O–H groups in total. The molecule has 2 aromatic rings. The van der Waals surface area contributed by atoms with Gasteiger partial charge in [0, 0.05) is 13.2 Å². The van der Waals surface area contributed by atoms with Crippen molar-refractivity contribution in [2.75, 3.05) is 13.2 Å². The lowest BCUT2D eigenvalue weighted by molar-refractivity contribution is 0.134. The fraction of sp³-hybridized carbons (Fsp3) is 0.381. The third-order valence-corrected chi connectivity index (χ3v) is 3.91. The third kappa shape index (κ3) is 6.59. The summed E-state index contributed by atoms with van der Waals surface area (Å²) in [7, 11) is 0. The maximum Gasteiger partial charge on any atom is 0.192 e. The van der Waals surface area contributed by atoms with Gasteiger partial charge in [-0.1, -0.05) is 54.6 Å². The number of hydrogen-bond donors (Lipinski definition) is 2. The monoisotopic (exact) mass is 339 g/mol. The van der Waals surface area contributed by atoms with Gasteiger partial charge < -0.3 is 15.4 Å². The Bertz CT molecular complexity index is 638. The summed E-state index contributed by atoms with van der Waals surface area (Å²) in [6.07, 6.45) is 0. The fourth-order valence-electron chi connectivity index (χ4n) is 2.48. The van der Waals surface area contributed by atoms with Crippen molar-refractivity contribution in [1.29, 1.82) is 0 Å². The van der Waals surface area contributed by atoms with Crippen molar-refractivity contribution in [3.63, 3.8) is 0 Å². The first kappa shape index (κ1) is 19.0. The molecular formula is C21H29N3O. The van der Waals surface area contributed by atoms with E-state index in [1.165, 1.54) is 16.7 Å². The summed E-state index contributed by atoms with van der Waals surface area (Å²) in [5.41, 5.74) is 3.62. The van der Waals surface area contributed by atoms with E-state index in [1.54, 1.807) is 0 Å². The third-order valence-electron chi connectivity index (χ3n) is 3.91. The molecule has 1 unspecified atom stereocenters. The number of ether oxygens (including phenoxy) is 1. The molecular weight excluding hydrogens is 310 g/mol. The van der Waals surface area contributed by atoms with Gasteiger partial charge in [0.25, 0.3) is 0 Å². The van der Waals surface area contributed by atoms with Crippen molar-refractivity contribution < 1.29 is 4.74 Å². The van der Waals surface area contributed by atoms with Crippen molar-refractivity contribution in [2.24, 2.45) is 4.99 Å². The van der Waals surface area contributed by atoms with Crippen LogP contribution < -0.4 is 10.6 Å². The topological polar surface area (TPSA) is 45.7 Å². The van der Waals surface area contributed by atoms with Gasteiger partial charge in [0.1, 0.15) is 0 Å². The molecule has 0 radical (unpaired) electrons. The van der Waals surface area contributed by atoms with E-state index >= 15 is 0 Å². The molecule has 25 heavy (non-hydrogen) atoms. The summed E-state index contributed by atoms with van der Waals surface area (Å²) in [5, 5.41) is 6.77. The van der Waals surface area contributed by atoms with Crippen LogP contribution in [0.4, 0.5) is 0 Å². The normalized spacial score (nSPS) is 12.7. The summed E-state index contributed by atoms with van der Waals surface area (Å²) in [6, 6.07) is 19.0. The van der Waals surface area contributed by atoms with Crippen LogP contribution in [0.15, 0.2) is 59.6 Å². The molecule has 2 rings (SSSR count). The highest BCUT2D eigenvalue weighted by atomic mass is 16.5. The van der Waals surface area contributed by atoms with Crippen molar-refractivity contribution >= 4 is 5.96 Å².